The first-order chi connectivity index (χ1) is 26.2. The second kappa shape index (κ2) is 26.2. The third-order valence-corrected chi connectivity index (χ3v) is 12.1. The molecule has 300 valence electrons. The average Bonchev–Trinajstić information content (AvgIpc) is 3.13. The second-order valence-electron chi connectivity index (χ2n) is 16.2. The van der Waals surface area contributed by atoms with Crippen LogP contribution in [0.5, 0.6) is 0 Å². The molecule has 0 unspecified atom stereocenters. The monoisotopic (exact) mass is 763 g/mol. The molecule has 0 aliphatic carbocycles. The second-order valence-corrected chi connectivity index (χ2v) is 18.1. The van der Waals surface area contributed by atoms with E-state index in [0.29, 0.717) is 22.6 Å². The highest BCUT2D eigenvalue weighted by atomic mass is 32.2. The molecule has 0 saturated heterocycles. The summed E-state index contributed by atoms with van der Waals surface area (Å²) < 4.78 is 28.4. The van der Waals surface area contributed by atoms with Gasteiger partial charge in [-0.25, -0.2) is 8.42 Å². The van der Waals surface area contributed by atoms with Crippen LogP contribution in [0.4, 0.5) is 0 Å². The fourth-order valence-corrected chi connectivity index (χ4v) is 8.28. The summed E-state index contributed by atoms with van der Waals surface area (Å²) in [5.74, 6) is 0. The third-order valence-electron chi connectivity index (χ3n) is 10.2. The molecule has 0 radical (unpaired) electrons. The minimum Gasteiger partial charge on any atom is -0.218 e. The lowest BCUT2D eigenvalue weighted by molar-refractivity contribution is 0.594. The highest BCUT2D eigenvalue weighted by Gasteiger charge is 2.23. The normalized spacial score (nSPS) is 13.6. The van der Waals surface area contributed by atoms with Gasteiger partial charge in [0.25, 0.3) is 0 Å². The van der Waals surface area contributed by atoms with E-state index in [-0.39, 0.29) is 0 Å². The van der Waals surface area contributed by atoms with Crippen LogP contribution in [-0.2, 0) is 22.7 Å². The number of hydrogen-bond donors (Lipinski definition) is 0. The topological polar surface area (TPSA) is 34.1 Å². The highest BCUT2D eigenvalue weighted by molar-refractivity contribution is 7.91. The molecular weight excluding hydrogens is 689 g/mol. The molecule has 0 aliphatic heterocycles. The maximum absolute atomic E-state index is 14.2. The van der Waals surface area contributed by atoms with Crippen LogP contribution in [0.15, 0.2) is 152 Å². The molecule has 2 aromatic carbocycles. The van der Waals surface area contributed by atoms with Crippen LogP contribution in [0.3, 0.4) is 0 Å². The van der Waals surface area contributed by atoms with Crippen LogP contribution >= 0.6 is 0 Å². The molecule has 0 amide bonds. The van der Waals surface area contributed by atoms with Gasteiger partial charge in [0, 0.05) is 0 Å². The van der Waals surface area contributed by atoms with E-state index in [1.165, 1.54) is 44.6 Å². The number of sulfone groups is 1. The van der Waals surface area contributed by atoms with E-state index in [1.54, 1.807) is 12.1 Å². The molecule has 0 aliphatic rings. The van der Waals surface area contributed by atoms with E-state index in [1.807, 2.05) is 36.4 Å². The van der Waals surface area contributed by atoms with Gasteiger partial charge in [0.2, 0.25) is 9.84 Å². The summed E-state index contributed by atoms with van der Waals surface area (Å²) >= 11 is 0. The quantitative estimate of drug-likeness (QED) is 0.0998. The van der Waals surface area contributed by atoms with Gasteiger partial charge in [-0.15, -0.1) is 0 Å². The first-order valence-corrected chi connectivity index (χ1v) is 22.3. The fraction of sp³-hybridized carbons (Fsp3) is 0.462. The molecule has 0 spiro atoms. The predicted molar refractivity (Wildman–Crippen MR) is 243 cm³/mol. The van der Waals surface area contributed by atoms with Crippen LogP contribution in [0.1, 0.15) is 157 Å². The van der Waals surface area contributed by atoms with Gasteiger partial charge in [-0.05, 0) is 182 Å². The zero-order valence-corrected chi connectivity index (χ0v) is 37.2. The Kier molecular flexibility index (Phi) is 22.6. The maximum atomic E-state index is 14.2. The van der Waals surface area contributed by atoms with Crippen molar-refractivity contribution in [1.82, 2.24) is 0 Å². The van der Waals surface area contributed by atoms with Gasteiger partial charge < -0.3 is 0 Å². The van der Waals surface area contributed by atoms with Crippen molar-refractivity contribution < 1.29 is 8.42 Å². The van der Waals surface area contributed by atoms with Gasteiger partial charge in [-0.3, -0.25) is 0 Å². The minimum absolute atomic E-state index is 0.408. The molecular formula is C52H74O2S. The Bertz CT molecular complexity index is 1710. The maximum Gasteiger partial charge on any atom is 0.207 e. The van der Waals surface area contributed by atoms with Gasteiger partial charge in [0.15, 0.2) is 0 Å². The molecule has 0 bridgehead atoms. The smallest absolute Gasteiger partial charge is 0.207 e. The lowest BCUT2D eigenvalue weighted by atomic mass is 10.0. The first kappa shape index (κ1) is 47.5. The first-order valence-electron chi connectivity index (χ1n) is 20.8. The molecule has 0 saturated carbocycles. The molecule has 2 nitrogen and oxygen atoms in total. The Labute approximate surface area is 338 Å². The Morgan fingerprint density at radius 3 is 0.927 bits per heavy atom. The predicted octanol–water partition coefficient (Wildman–Crippen LogP) is 15.9. The van der Waals surface area contributed by atoms with Crippen molar-refractivity contribution in [3.63, 3.8) is 0 Å². The zero-order chi connectivity index (χ0) is 40.6. The van der Waals surface area contributed by atoms with Gasteiger partial charge in [-0.1, -0.05) is 130 Å². The van der Waals surface area contributed by atoms with E-state index in [2.05, 4.69) is 118 Å². The summed E-state index contributed by atoms with van der Waals surface area (Å²) in [6.45, 7) is 21.9. The zero-order valence-electron chi connectivity index (χ0n) is 36.4. The third kappa shape index (κ3) is 20.2. The van der Waals surface area contributed by atoms with Gasteiger partial charge in [0.05, 0.1) is 9.79 Å². The molecule has 2 rings (SSSR count). The van der Waals surface area contributed by atoms with Crippen molar-refractivity contribution in [3.05, 3.63) is 153 Å². The number of hydrogen-bond acceptors (Lipinski definition) is 2. The van der Waals surface area contributed by atoms with Crippen molar-refractivity contribution in [2.45, 2.75) is 169 Å². The summed E-state index contributed by atoms with van der Waals surface area (Å²) in [6, 6.07) is 15.0. The SMILES string of the molecule is CC(C)=CCCC(C)=CCCC(C)=CCCC(C)=CCc1ccccc1S(=O)(=O)c1ccccc1CC=C(C)CCC=C(C)CCC=C(C)CCC=C(C)C. The van der Waals surface area contributed by atoms with Crippen LogP contribution in [0.2, 0.25) is 0 Å². The van der Waals surface area contributed by atoms with Crippen LogP contribution in [0, 0.1) is 0 Å². The molecule has 55 heavy (non-hydrogen) atoms. The molecule has 3 heteroatoms. The van der Waals surface area contributed by atoms with Crippen LogP contribution in [-0.4, -0.2) is 8.42 Å². The molecule has 0 fully saturated rings. The number of allylic oxidation sites excluding steroid dienone is 16. The summed E-state index contributed by atoms with van der Waals surface area (Å²) in [5.41, 5.74) is 12.9. The van der Waals surface area contributed by atoms with Crippen molar-refractivity contribution in [3.8, 4) is 0 Å². The summed E-state index contributed by atoms with van der Waals surface area (Å²) in [6.07, 6.45) is 32.6. The van der Waals surface area contributed by atoms with Gasteiger partial charge >= 0.3 is 0 Å². The lowest BCUT2D eigenvalue weighted by Crippen LogP contribution is -2.08. The molecule has 0 heterocycles. The van der Waals surface area contributed by atoms with Crippen molar-refractivity contribution in [2.24, 2.45) is 0 Å². The highest BCUT2D eigenvalue weighted by Crippen LogP contribution is 2.29. The standard InChI is InChI=1S/C52H74O2S/c1-41(2)21-15-23-43(5)25-17-27-45(7)29-19-31-47(9)37-39-49-33-11-13-35-51(49)55(53,54)52-36-14-12-34-50(52)40-38-48(10)32-20-30-46(8)28-18-26-44(6)24-16-22-42(3)4/h11-14,21-22,25-26,29-30,33-38H,15-20,23-24,27-28,31-32,39-40H2,1-10H3. The minimum atomic E-state index is -3.69. The molecule has 0 N–H and O–H groups in total. The Balaban J connectivity index is 1.98. The summed E-state index contributed by atoms with van der Waals surface area (Å²) in [5, 5.41) is 0. The number of rotatable bonds is 24. The summed E-state index contributed by atoms with van der Waals surface area (Å²) in [4.78, 5) is 0.816. The molecule has 0 aromatic heterocycles. The van der Waals surface area contributed by atoms with Crippen molar-refractivity contribution in [1.29, 1.82) is 0 Å². The largest absolute Gasteiger partial charge is 0.218 e. The van der Waals surface area contributed by atoms with Crippen LogP contribution in [0.25, 0.3) is 0 Å². The molecule has 0 atom stereocenters. The van der Waals surface area contributed by atoms with E-state index < -0.39 is 9.84 Å². The van der Waals surface area contributed by atoms with Crippen molar-refractivity contribution in [2.75, 3.05) is 0 Å². The van der Waals surface area contributed by atoms with Gasteiger partial charge in [-0.2, -0.15) is 0 Å². The molecule has 2 aromatic rings. The van der Waals surface area contributed by atoms with E-state index >= 15 is 0 Å². The average molecular weight is 763 g/mol. The Hall–Kier alpha value is -3.69. The Morgan fingerprint density at radius 1 is 0.382 bits per heavy atom. The Morgan fingerprint density at radius 2 is 0.636 bits per heavy atom. The lowest BCUT2D eigenvalue weighted by Gasteiger charge is -2.13. The van der Waals surface area contributed by atoms with E-state index in [0.717, 1.165) is 88.2 Å². The van der Waals surface area contributed by atoms with Gasteiger partial charge in [0.1, 0.15) is 0 Å². The van der Waals surface area contributed by atoms with E-state index in [9.17, 15) is 8.42 Å². The van der Waals surface area contributed by atoms with Crippen molar-refractivity contribution >= 4 is 9.84 Å². The number of benzene rings is 2. The van der Waals surface area contributed by atoms with E-state index in [4.69, 9.17) is 0 Å². The summed E-state index contributed by atoms with van der Waals surface area (Å²) in [7, 11) is -3.69. The fourth-order valence-electron chi connectivity index (χ4n) is 6.53. The van der Waals surface area contributed by atoms with Crippen LogP contribution < -0.4 is 0 Å².